The fraction of sp³-hybridized carbons (Fsp3) is 0.500. The highest BCUT2D eigenvalue weighted by Gasteiger charge is 2.25. The molecule has 1 aromatic heterocycles. The molecule has 0 spiro atoms. The zero-order valence-electron chi connectivity index (χ0n) is 7.92. The third kappa shape index (κ3) is 2.29. The van der Waals surface area contributed by atoms with Crippen LogP contribution in [0.2, 0.25) is 0 Å². The van der Waals surface area contributed by atoms with Crippen molar-refractivity contribution in [3.63, 3.8) is 0 Å². The highest BCUT2D eigenvalue weighted by Crippen LogP contribution is 2.08. The predicted octanol–water partition coefficient (Wildman–Crippen LogP) is 0.611. The molecule has 0 saturated heterocycles. The molecule has 1 heterocycles. The lowest BCUT2D eigenvalue weighted by atomic mass is 10.1. The summed E-state index contributed by atoms with van der Waals surface area (Å²) in [6.45, 7) is 3.55. The molecule has 0 aliphatic rings. The smallest absolute Gasteiger partial charge is 0.246 e. The van der Waals surface area contributed by atoms with Crippen LogP contribution in [0.25, 0.3) is 0 Å². The van der Waals surface area contributed by atoms with E-state index < -0.39 is 5.54 Å². The predicted molar refractivity (Wildman–Crippen MR) is 48.3 cm³/mol. The third-order valence-corrected chi connectivity index (χ3v) is 1.86. The Morgan fingerprint density at radius 1 is 1.62 bits per heavy atom. The number of nitrogens with zero attached hydrogens (tertiary/aromatic N) is 1. The van der Waals surface area contributed by atoms with Crippen molar-refractivity contribution in [3.05, 3.63) is 12.6 Å². The number of carbonyl (C=O) groups is 1. The van der Waals surface area contributed by atoms with Gasteiger partial charge >= 0.3 is 0 Å². The Morgan fingerprint density at radius 3 is 2.77 bits per heavy atom. The van der Waals surface area contributed by atoms with E-state index in [1.807, 2.05) is 0 Å². The van der Waals surface area contributed by atoms with Gasteiger partial charge in [-0.2, -0.15) is 0 Å². The van der Waals surface area contributed by atoms with Gasteiger partial charge in [-0.05, 0) is 20.9 Å². The number of hydrogen-bond acceptors (Lipinski definition) is 4. The Bertz CT molecular complexity index is 280. The number of likely N-dealkylation sites (N-methyl/N-ethyl adjacent to an activating group) is 1. The molecule has 0 unspecified atom stereocenters. The molecule has 2 N–H and O–H groups in total. The van der Waals surface area contributed by atoms with E-state index in [0.29, 0.717) is 5.88 Å². The highest BCUT2D eigenvalue weighted by atomic mass is 16.4. The number of nitrogens with one attached hydrogen (secondary N) is 2. The summed E-state index contributed by atoms with van der Waals surface area (Å²) in [7, 11) is 1.72. The number of hydrogen-bond donors (Lipinski definition) is 2. The van der Waals surface area contributed by atoms with E-state index in [1.165, 1.54) is 12.6 Å². The molecule has 0 aliphatic heterocycles. The summed E-state index contributed by atoms with van der Waals surface area (Å²) in [6.07, 6.45) is 2.71. The number of carbonyl (C=O) groups excluding carboxylic acids is 1. The van der Waals surface area contributed by atoms with Gasteiger partial charge in [0.2, 0.25) is 11.8 Å². The largest absolute Gasteiger partial charge is 0.428 e. The highest BCUT2D eigenvalue weighted by molar-refractivity contribution is 5.96. The Balaban J connectivity index is 2.61. The maximum absolute atomic E-state index is 11.5. The van der Waals surface area contributed by atoms with Gasteiger partial charge in [0.1, 0.15) is 0 Å². The zero-order valence-corrected chi connectivity index (χ0v) is 7.92. The van der Waals surface area contributed by atoms with Crippen LogP contribution in [0.5, 0.6) is 0 Å². The molecular formula is C8H13N3O2. The van der Waals surface area contributed by atoms with E-state index in [-0.39, 0.29) is 5.91 Å². The first kappa shape index (κ1) is 9.73. The standard InChI is InChI=1S/C8H13N3O2/c1-8(2,9-3)7(12)11-6-4-10-5-13-6/h4-5,9H,1-3H3,(H,11,12). The first-order chi connectivity index (χ1) is 6.06. The van der Waals surface area contributed by atoms with Crippen LogP contribution in [-0.2, 0) is 4.79 Å². The Hall–Kier alpha value is -1.36. The van der Waals surface area contributed by atoms with Crippen LogP contribution in [0.4, 0.5) is 5.88 Å². The summed E-state index contributed by atoms with van der Waals surface area (Å²) >= 11 is 0. The summed E-state index contributed by atoms with van der Waals surface area (Å²) in [5.74, 6) is 0.195. The molecular weight excluding hydrogens is 170 g/mol. The van der Waals surface area contributed by atoms with Crippen LogP contribution in [0, 0.1) is 0 Å². The summed E-state index contributed by atoms with van der Waals surface area (Å²) < 4.78 is 4.87. The molecule has 0 saturated carbocycles. The average molecular weight is 183 g/mol. The lowest BCUT2D eigenvalue weighted by Crippen LogP contribution is -2.47. The lowest BCUT2D eigenvalue weighted by Gasteiger charge is -2.21. The summed E-state index contributed by atoms with van der Waals surface area (Å²) in [4.78, 5) is 15.2. The van der Waals surface area contributed by atoms with Crippen molar-refractivity contribution >= 4 is 11.8 Å². The topological polar surface area (TPSA) is 67.2 Å². The fourth-order valence-electron chi connectivity index (χ4n) is 0.659. The molecule has 0 bridgehead atoms. The number of rotatable bonds is 3. The number of aromatic nitrogens is 1. The van der Waals surface area contributed by atoms with Gasteiger partial charge in [0.15, 0.2) is 6.39 Å². The van der Waals surface area contributed by atoms with E-state index in [1.54, 1.807) is 20.9 Å². The van der Waals surface area contributed by atoms with Gasteiger partial charge < -0.3 is 9.73 Å². The minimum atomic E-state index is -0.618. The summed E-state index contributed by atoms with van der Waals surface area (Å²) in [6, 6.07) is 0. The SMILES string of the molecule is CNC(C)(C)C(=O)Nc1cnco1. The molecule has 13 heavy (non-hydrogen) atoms. The first-order valence-corrected chi connectivity index (χ1v) is 3.95. The van der Waals surface area contributed by atoms with Gasteiger partial charge in [-0.25, -0.2) is 4.98 Å². The van der Waals surface area contributed by atoms with E-state index in [9.17, 15) is 4.79 Å². The summed E-state index contributed by atoms with van der Waals surface area (Å²) in [5, 5.41) is 5.46. The molecule has 0 radical (unpaired) electrons. The second kappa shape index (κ2) is 3.57. The fourth-order valence-corrected chi connectivity index (χ4v) is 0.659. The van der Waals surface area contributed by atoms with Crippen molar-refractivity contribution in [2.45, 2.75) is 19.4 Å². The van der Waals surface area contributed by atoms with Crippen LogP contribution in [-0.4, -0.2) is 23.5 Å². The van der Waals surface area contributed by atoms with Crippen molar-refractivity contribution in [2.75, 3.05) is 12.4 Å². The number of amides is 1. The second-order valence-corrected chi connectivity index (χ2v) is 3.19. The summed E-state index contributed by atoms with van der Waals surface area (Å²) in [5.41, 5.74) is -0.618. The minimum Gasteiger partial charge on any atom is -0.428 e. The maximum atomic E-state index is 11.5. The monoisotopic (exact) mass is 183 g/mol. The van der Waals surface area contributed by atoms with Gasteiger partial charge in [-0.15, -0.1) is 0 Å². The van der Waals surface area contributed by atoms with Crippen molar-refractivity contribution < 1.29 is 9.21 Å². The van der Waals surface area contributed by atoms with Crippen molar-refractivity contribution in [1.82, 2.24) is 10.3 Å². The first-order valence-electron chi connectivity index (χ1n) is 3.95. The molecule has 72 valence electrons. The van der Waals surface area contributed by atoms with E-state index in [2.05, 4.69) is 15.6 Å². The zero-order chi connectivity index (χ0) is 9.90. The molecule has 1 aromatic rings. The Morgan fingerprint density at radius 2 is 2.31 bits per heavy atom. The van der Waals surface area contributed by atoms with Crippen LogP contribution >= 0.6 is 0 Å². The quantitative estimate of drug-likeness (QED) is 0.720. The minimum absolute atomic E-state index is 0.160. The molecule has 5 nitrogen and oxygen atoms in total. The maximum Gasteiger partial charge on any atom is 0.246 e. The Labute approximate surface area is 76.5 Å². The van der Waals surface area contributed by atoms with Crippen molar-refractivity contribution in [2.24, 2.45) is 0 Å². The molecule has 0 fully saturated rings. The van der Waals surface area contributed by atoms with Crippen LogP contribution in [0.1, 0.15) is 13.8 Å². The second-order valence-electron chi connectivity index (χ2n) is 3.19. The normalized spacial score (nSPS) is 11.3. The average Bonchev–Trinajstić information content (AvgIpc) is 2.57. The molecule has 0 aromatic carbocycles. The van der Waals surface area contributed by atoms with Crippen molar-refractivity contribution in [1.29, 1.82) is 0 Å². The van der Waals surface area contributed by atoms with Gasteiger partial charge in [-0.1, -0.05) is 0 Å². The molecule has 0 aliphatic carbocycles. The molecule has 0 atom stereocenters. The molecule has 1 rings (SSSR count). The van der Waals surface area contributed by atoms with Crippen LogP contribution < -0.4 is 10.6 Å². The van der Waals surface area contributed by atoms with E-state index >= 15 is 0 Å². The van der Waals surface area contributed by atoms with Gasteiger partial charge in [0, 0.05) is 0 Å². The number of oxazole rings is 1. The van der Waals surface area contributed by atoms with E-state index in [4.69, 9.17) is 4.42 Å². The van der Waals surface area contributed by atoms with E-state index in [0.717, 1.165) is 0 Å². The molecule has 1 amide bonds. The van der Waals surface area contributed by atoms with Crippen LogP contribution in [0.15, 0.2) is 17.0 Å². The van der Waals surface area contributed by atoms with Gasteiger partial charge in [-0.3, -0.25) is 10.1 Å². The lowest BCUT2D eigenvalue weighted by molar-refractivity contribution is -0.121. The third-order valence-electron chi connectivity index (χ3n) is 1.86. The van der Waals surface area contributed by atoms with Crippen LogP contribution in [0.3, 0.4) is 0 Å². The Kier molecular flexibility index (Phi) is 2.67. The van der Waals surface area contributed by atoms with Crippen molar-refractivity contribution in [3.8, 4) is 0 Å². The van der Waals surface area contributed by atoms with Gasteiger partial charge in [0.05, 0.1) is 11.7 Å². The van der Waals surface area contributed by atoms with Gasteiger partial charge in [0.25, 0.3) is 0 Å². The molecule has 5 heteroatoms. The number of anilines is 1.